The van der Waals surface area contributed by atoms with E-state index in [9.17, 15) is 22.7 Å². The van der Waals surface area contributed by atoms with Crippen molar-refractivity contribution < 1.29 is 22.7 Å². The Kier molecular flexibility index (Phi) is 7.51. The average Bonchev–Trinajstić information content (AvgIpc) is 3.54. The van der Waals surface area contributed by atoms with Crippen LogP contribution in [-0.2, 0) is 23.0 Å². The molecule has 0 aliphatic heterocycles. The number of nitrogens with two attached hydrogens (primary N) is 1. The van der Waals surface area contributed by atoms with E-state index in [2.05, 4.69) is 21.4 Å². The number of nitrogens with zero attached hydrogens (tertiary/aromatic N) is 2. The Morgan fingerprint density at radius 1 is 1.17 bits per heavy atom. The molecule has 2 aromatic heterocycles. The van der Waals surface area contributed by atoms with Crippen molar-refractivity contribution >= 4 is 27.3 Å². The Morgan fingerprint density at radius 2 is 1.95 bits per heavy atom. The van der Waals surface area contributed by atoms with Gasteiger partial charge in [0.05, 0.1) is 0 Å². The van der Waals surface area contributed by atoms with E-state index in [1.54, 1.807) is 13.0 Å². The van der Waals surface area contributed by atoms with Crippen LogP contribution in [0.3, 0.4) is 0 Å². The Bertz CT molecular complexity index is 1870. The maximum atomic E-state index is 14.9. The van der Waals surface area contributed by atoms with E-state index in [0.717, 1.165) is 60.2 Å². The number of thiazole rings is 1. The van der Waals surface area contributed by atoms with Gasteiger partial charge >= 0.3 is 5.97 Å². The Hall–Kier alpha value is -3.78. The molecule has 0 atom stereocenters. The van der Waals surface area contributed by atoms with Gasteiger partial charge in [-0.2, -0.15) is 0 Å². The van der Waals surface area contributed by atoms with Gasteiger partial charge in [0.1, 0.15) is 15.7 Å². The van der Waals surface area contributed by atoms with E-state index in [1.807, 2.05) is 30.3 Å². The monoisotopic (exact) mass is 603 g/mol. The quantitative estimate of drug-likeness (QED) is 0.232. The molecule has 0 radical (unpaired) electrons. The van der Waals surface area contributed by atoms with Gasteiger partial charge in [-0.3, -0.25) is 0 Å². The third kappa shape index (κ3) is 5.91. The highest BCUT2D eigenvalue weighted by atomic mass is 32.2. The average molecular weight is 604 g/mol. The largest absolute Gasteiger partial charge is 0.476 e. The van der Waals surface area contributed by atoms with E-state index >= 15 is 0 Å². The van der Waals surface area contributed by atoms with Crippen LogP contribution in [-0.4, -0.2) is 29.0 Å². The SMILES string of the molecule is Cc1sc(-c2cc(-c3cccc(C#CC4CCC4)c3)n(Cc3ccc(S(N)(=O)=O)c(F)c3)c2CC2CC2)nc1C(=O)O. The van der Waals surface area contributed by atoms with E-state index in [1.165, 1.54) is 29.9 Å². The minimum absolute atomic E-state index is 0.0376. The van der Waals surface area contributed by atoms with Crippen LogP contribution in [0.5, 0.6) is 0 Å². The summed E-state index contributed by atoms with van der Waals surface area (Å²) in [5.74, 6) is 5.66. The van der Waals surface area contributed by atoms with Crippen molar-refractivity contribution in [2.75, 3.05) is 0 Å². The van der Waals surface area contributed by atoms with Crippen LogP contribution in [0.1, 0.15) is 64.3 Å². The van der Waals surface area contributed by atoms with Crippen LogP contribution in [0.4, 0.5) is 4.39 Å². The molecule has 2 aliphatic rings. The van der Waals surface area contributed by atoms with Gasteiger partial charge in [-0.25, -0.2) is 27.7 Å². The second-order valence-corrected chi connectivity index (χ2v) is 13.9. The molecule has 4 aromatic rings. The smallest absolute Gasteiger partial charge is 0.355 e. The van der Waals surface area contributed by atoms with Gasteiger partial charge < -0.3 is 9.67 Å². The fraction of sp³-hybridized carbons (Fsp3) is 0.312. The predicted molar refractivity (Wildman–Crippen MR) is 160 cm³/mol. The van der Waals surface area contributed by atoms with E-state index in [0.29, 0.717) is 27.3 Å². The van der Waals surface area contributed by atoms with Crippen LogP contribution in [0, 0.1) is 36.4 Å². The summed E-state index contributed by atoms with van der Waals surface area (Å²) in [7, 11) is -4.19. The van der Waals surface area contributed by atoms with Gasteiger partial charge in [0.2, 0.25) is 10.0 Å². The number of carboxylic acid groups (broad SMARTS) is 1. The summed E-state index contributed by atoms with van der Waals surface area (Å²) in [6.07, 6.45) is 6.45. The minimum Gasteiger partial charge on any atom is -0.476 e. The molecule has 0 saturated heterocycles. The molecular formula is C32H30FN3O4S2. The number of aromatic carboxylic acids is 1. The molecule has 3 N–H and O–H groups in total. The number of aryl methyl sites for hydroxylation is 1. The number of sulfonamides is 1. The first-order chi connectivity index (χ1) is 20.1. The molecule has 0 amide bonds. The van der Waals surface area contributed by atoms with E-state index in [4.69, 9.17) is 5.14 Å². The number of rotatable bonds is 8. The molecule has 2 aromatic carbocycles. The fourth-order valence-electron chi connectivity index (χ4n) is 5.27. The molecule has 2 saturated carbocycles. The van der Waals surface area contributed by atoms with Crippen LogP contribution in [0.25, 0.3) is 21.8 Å². The van der Waals surface area contributed by atoms with Crippen molar-refractivity contribution in [1.29, 1.82) is 0 Å². The zero-order valence-electron chi connectivity index (χ0n) is 23.1. The molecule has 2 aliphatic carbocycles. The molecule has 0 spiro atoms. The van der Waals surface area contributed by atoms with Crippen LogP contribution < -0.4 is 5.14 Å². The lowest BCUT2D eigenvalue weighted by Crippen LogP contribution is -2.14. The third-order valence-corrected chi connectivity index (χ3v) is 9.89. The highest BCUT2D eigenvalue weighted by molar-refractivity contribution is 7.89. The van der Waals surface area contributed by atoms with Gasteiger partial charge in [-0.05, 0) is 86.4 Å². The summed E-state index contributed by atoms with van der Waals surface area (Å²) >= 11 is 1.34. The Balaban J connectivity index is 1.50. The number of aromatic nitrogens is 2. The summed E-state index contributed by atoms with van der Waals surface area (Å²) in [6.45, 7) is 2.02. The normalized spacial score (nSPS) is 15.2. The number of carbonyl (C=O) groups is 1. The topological polar surface area (TPSA) is 115 Å². The van der Waals surface area contributed by atoms with Crippen molar-refractivity contribution in [2.45, 2.75) is 56.9 Å². The van der Waals surface area contributed by atoms with Gasteiger partial charge in [0.25, 0.3) is 0 Å². The molecule has 6 rings (SSSR count). The summed E-state index contributed by atoms with van der Waals surface area (Å²) in [5, 5.41) is 15.5. The van der Waals surface area contributed by atoms with Gasteiger partial charge in [-0.1, -0.05) is 36.5 Å². The second kappa shape index (κ2) is 11.1. The zero-order chi connectivity index (χ0) is 29.6. The number of halogens is 1. The molecule has 0 unspecified atom stereocenters. The minimum atomic E-state index is -4.19. The first kappa shape index (κ1) is 28.3. The summed E-state index contributed by atoms with van der Waals surface area (Å²) in [5.41, 5.74) is 5.14. The first-order valence-corrected chi connectivity index (χ1v) is 16.3. The van der Waals surface area contributed by atoms with Crippen LogP contribution in [0.15, 0.2) is 53.4 Å². The summed E-state index contributed by atoms with van der Waals surface area (Å²) in [6, 6.07) is 14.0. The fourth-order valence-corrected chi connectivity index (χ4v) is 6.80. The first-order valence-electron chi connectivity index (χ1n) is 13.9. The maximum absolute atomic E-state index is 14.9. The molecule has 216 valence electrons. The number of carboxylic acids is 1. The van der Waals surface area contributed by atoms with E-state index in [-0.39, 0.29) is 12.2 Å². The van der Waals surface area contributed by atoms with E-state index < -0.39 is 26.7 Å². The van der Waals surface area contributed by atoms with Gasteiger partial charge in [-0.15, -0.1) is 11.3 Å². The lowest BCUT2D eigenvalue weighted by atomic mass is 9.86. The maximum Gasteiger partial charge on any atom is 0.355 e. The summed E-state index contributed by atoms with van der Waals surface area (Å²) in [4.78, 5) is 16.4. The lowest BCUT2D eigenvalue weighted by molar-refractivity contribution is 0.0690. The Labute approximate surface area is 248 Å². The number of hydrogen-bond donors (Lipinski definition) is 2. The number of hydrogen-bond acceptors (Lipinski definition) is 5. The standard InChI is InChI=1S/C32H30FN3O4S2/c1-19-30(32(37)38)35-31(41-19)25-17-27(24-7-3-6-21(14-24)9-8-20-4-2-5-20)36(28(25)16-22-10-11-22)18-23-12-13-29(26(33)15-23)42(34,39)40/h3,6-7,12-15,17,20,22H,2,4-5,10-11,16,18H2,1H3,(H,37,38)(H2,34,39,40). The van der Waals surface area contributed by atoms with Crippen LogP contribution in [0.2, 0.25) is 0 Å². The van der Waals surface area contributed by atoms with Crippen molar-refractivity contribution in [1.82, 2.24) is 9.55 Å². The molecule has 2 fully saturated rings. The highest BCUT2D eigenvalue weighted by Crippen LogP contribution is 2.41. The predicted octanol–water partition coefficient (Wildman–Crippen LogP) is 6.22. The van der Waals surface area contributed by atoms with Crippen molar-refractivity contribution in [2.24, 2.45) is 17.0 Å². The van der Waals surface area contributed by atoms with Crippen molar-refractivity contribution in [3.05, 3.63) is 81.7 Å². The molecular weight excluding hydrogens is 574 g/mol. The van der Waals surface area contributed by atoms with Crippen molar-refractivity contribution in [3.8, 4) is 33.7 Å². The van der Waals surface area contributed by atoms with Crippen molar-refractivity contribution in [3.63, 3.8) is 0 Å². The highest BCUT2D eigenvalue weighted by Gasteiger charge is 2.29. The number of primary sulfonamides is 1. The molecule has 2 heterocycles. The third-order valence-electron chi connectivity index (χ3n) is 7.94. The molecule has 10 heteroatoms. The zero-order valence-corrected chi connectivity index (χ0v) is 24.7. The van der Waals surface area contributed by atoms with Gasteiger partial charge in [0.15, 0.2) is 5.69 Å². The molecule has 7 nitrogen and oxygen atoms in total. The van der Waals surface area contributed by atoms with Gasteiger partial charge in [0, 0.05) is 39.9 Å². The second-order valence-electron chi connectivity index (χ2n) is 11.1. The summed E-state index contributed by atoms with van der Waals surface area (Å²) < 4.78 is 40.6. The molecule has 42 heavy (non-hydrogen) atoms. The molecule has 0 bridgehead atoms. The number of benzene rings is 2. The van der Waals surface area contributed by atoms with Crippen LogP contribution >= 0.6 is 11.3 Å². The Morgan fingerprint density at radius 3 is 2.57 bits per heavy atom. The lowest BCUT2D eigenvalue weighted by Gasteiger charge is -2.18.